The van der Waals surface area contributed by atoms with Crippen LogP contribution < -0.4 is 0 Å². The predicted octanol–water partition coefficient (Wildman–Crippen LogP) is 2.97. The normalized spacial score (nSPS) is 25.2. The van der Waals surface area contributed by atoms with Gasteiger partial charge in [-0.15, -0.1) is 0 Å². The fraction of sp³-hybridized carbons (Fsp3) is 0.545. The van der Waals surface area contributed by atoms with Gasteiger partial charge in [-0.1, -0.05) is 11.6 Å². The summed E-state index contributed by atoms with van der Waals surface area (Å²) in [6.07, 6.45) is -3.66. The third-order valence-corrected chi connectivity index (χ3v) is 3.12. The Hall–Kier alpha value is -0.850. The lowest BCUT2D eigenvalue weighted by molar-refractivity contribution is -0.141. The Morgan fingerprint density at radius 1 is 1.39 bits per heavy atom. The van der Waals surface area contributed by atoms with E-state index in [1.165, 1.54) is 0 Å². The lowest BCUT2D eigenvalue weighted by Gasteiger charge is -2.29. The lowest BCUT2D eigenvalue weighted by Crippen LogP contribution is -2.25. The van der Waals surface area contributed by atoms with E-state index in [-0.39, 0.29) is 23.6 Å². The molecule has 2 rings (SSSR count). The second-order valence-corrected chi connectivity index (χ2v) is 4.53. The van der Waals surface area contributed by atoms with Gasteiger partial charge < -0.3 is 9.84 Å². The number of rotatable bonds is 1. The van der Waals surface area contributed by atoms with Crippen LogP contribution in [0.5, 0.6) is 0 Å². The summed E-state index contributed by atoms with van der Waals surface area (Å²) in [6.45, 7) is 0.210. The highest BCUT2D eigenvalue weighted by molar-refractivity contribution is 6.31. The number of halogens is 4. The summed E-state index contributed by atoms with van der Waals surface area (Å²) in [5, 5.41) is 9.41. The molecule has 1 aliphatic rings. The predicted molar refractivity (Wildman–Crippen MR) is 58.2 cm³/mol. The average molecular weight is 282 g/mol. The van der Waals surface area contributed by atoms with E-state index in [1.807, 2.05) is 0 Å². The molecule has 3 nitrogen and oxygen atoms in total. The van der Waals surface area contributed by atoms with Crippen LogP contribution >= 0.6 is 11.6 Å². The Morgan fingerprint density at radius 3 is 2.72 bits per heavy atom. The maximum absolute atomic E-state index is 12.9. The third kappa shape index (κ3) is 2.76. The number of alkyl halides is 3. The molecule has 18 heavy (non-hydrogen) atoms. The van der Waals surface area contributed by atoms with Crippen LogP contribution in [0.3, 0.4) is 0 Å². The van der Waals surface area contributed by atoms with Gasteiger partial charge in [0.1, 0.15) is 0 Å². The van der Waals surface area contributed by atoms with Crippen molar-refractivity contribution in [2.24, 2.45) is 0 Å². The van der Waals surface area contributed by atoms with E-state index in [0.717, 1.165) is 12.4 Å². The van der Waals surface area contributed by atoms with E-state index in [9.17, 15) is 18.3 Å². The highest BCUT2D eigenvalue weighted by atomic mass is 35.5. The van der Waals surface area contributed by atoms with Crippen molar-refractivity contribution in [1.29, 1.82) is 0 Å². The van der Waals surface area contributed by atoms with Crippen molar-refractivity contribution in [2.45, 2.75) is 31.2 Å². The van der Waals surface area contributed by atoms with Crippen LogP contribution in [-0.4, -0.2) is 22.8 Å². The van der Waals surface area contributed by atoms with Gasteiger partial charge in [0, 0.05) is 31.0 Å². The van der Waals surface area contributed by atoms with E-state index in [0.29, 0.717) is 6.42 Å². The van der Waals surface area contributed by atoms with Crippen molar-refractivity contribution in [3.8, 4) is 0 Å². The number of aliphatic hydroxyl groups is 1. The minimum Gasteiger partial charge on any atom is -0.393 e. The number of aromatic nitrogens is 1. The molecule has 0 spiro atoms. The number of ether oxygens (including phenoxy) is 1. The van der Waals surface area contributed by atoms with Gasteiger partial charge in [-0.3, -0.25) is 4.98 Å². The first-order chi connectivity index (χ1) is 8.39. The first-order valence-corrected chi connectivity index (χ1v) is 5.77. The van der Waals surface area contributed by atoms with Crippen molar-refractivity contribution >= 4 is 11.6 Å². The Kier molecular flexibility index (Phi) is 3.79. The summed E-state index contributed by atoms with van der Waals surface area (Å²) < 4.78 is 43.9. The second kappa shape index (κ2) is 5.03. The topological polar surface area (TPSA) is 42.4 Å². The average Bonchev–Trinajstić information content (AvgIpc) is 2.27. The second-order valence-electron chi connectivity index (χ2n) is 4.12. The maximum atomic E-state index is 12.9. The molecule has 1 N–H and O–H groups in total. The monoisotopic (exact) mass is 281 g/mol. The van der Waals surface area contributed by atoms with Crippen LogP contribution in [0.15, 0.2) is 12.4 Å². The van der Waals surface area contributed by atoms with Crippen LogP contribution in [0.1, 0.15) is 30.1 Å². The molecule has 2 heterocycles. The van der Waals surface area contributed by atoms with E-state index in [2.05, 4.69) is 4.98 Å². The Labute approximate surface area is 107 Å². The zero-order chi connectivity index (χ0) is 13.3. The highest BCUT2D eigenvalue weighted by Gasteiger charge is 2.38. The number of nitrogens with zero attached hydrogens (tertiary/aromatic N) is 1. The zero-order valence-corrected chi connectivity index (χ0v) is 10.0. The van der Waals surface area contributed by atoms with Crippen LogP contribution in [0.2, 0.25) is 5.02 Å². The van der Waals surface area contributed by atoms with Crippen LogP contribution in [0, 0.1) is 0 Å². The van der Waals surface area contributed by atoms with Crippen molar-refractivity contribution in [2.75, 3.05) is 6.61 Å². The fourth-order valence-electron chi connectivity index (χ4n) is 1.98. The van der Waals surface area contributed by atoms with Gasteiger partial charge in [0.25, 0.3) is 0 Å². The zero-order valence-electron chi connectivity index (χ0n) is 9.25. The van der Waals surface area contributed by atoms with Crippen molar-refractivity contribution in [3.63, 3.8) is 0 Å². The fourth-order valence-corrected chi connectivity index (χ4v) is 2.26. The molecule has 1 aliphatic heterocycles. The van der Waals surface area contributed by atoms with Crippen molar-refractivity contribution in [3.05, 3.63) is 28.5 Å². The van der Waals surface area contributed by atoms with Crippen LogP contribution in [0.25, 0.3) is 0 Å². The van der Waals surface area contributed by atoms with Gasteiger partial charge in [-0.05, 0) is 6.42 Å². The number of hydrogen-bond acceptors (Lipinski definition) is 3. The summed E-state index contributed by atoms with van der Waals surface area (Å²) in [7, 11) is 0. The van der Waals surface area contributed by atoms with Crippen LogP contribution in [-0.2, 0) is 10.9 Å². The quantitative estimate of drug-likeness (QED) is 0.860. The molecule has 100 valence electrons. The summed E-state index contributed by atoms with van der Waals surface area (Å²) >= 11 is 5.79. The summed E-state index contributed by atoms with van der Waals surface area (Å²) in [5.74, 6) is 0. The number of aliphatic hydroxyl groups excluding tert-OH is 1. The van der Waals surface area contributed by atoms with E-state index in [4.69, 9.17) is 16.3 Å². The molecule has 0 amide bonds. The molecule has 1 aromatic heterocycles. The largest absolute Gasteiger partial charge is 0.418 e. The molecular formula is C11H11ClF3NO2. The van der Waals surface area contributed by atoms with E-state index < -0.39 is 23.9 Å². The maximum Gasteiger partial charge on any atom is 0.418 e. The first kappa shape index (κ1) is 13.6. The van der Waals surface area contributed by atoms with E-state index in [1.54, 1.807) is 0 Å². The molecule has 2 atom stereocenters. The van der Waals surface area contributed by atoms with E-state index >= 15 is 0 Å². The molecule has 0 saturated carbocycles. The van der Waals surface area contributed by atoms with Gasteiger partial charge in [-0.25, -0.2) is 0 Å². The standard InChI is InChI=1S/C11H11ClF3NO2/c12-8-5-16-4-7(11(13,14)15)10(8)9-3-6(17)1-2-18-9/h4-6,9,17H,1-3H2. The lowest BCUT2D eigenvalue weighted by atomic mass is 9.96. The van der Waals surface area contributed by atoms with Gasteiger partial charge in [-0.2, -0.15) is 13.2 Å². The number of pyridine rings is 1. The molecule has 2 unspecified atom stereocenters. The molecule has 1 fully saturated rings. The van der Waals surface area contributed by atoms with Gasteiger partial charge in [0.15, 0.2) is 0 Å². The van der Waals surface area contributed by atoms with Gasteiger partial charge in [0.2, 0.25) is 0 Å². The molecule has 0 radical (unpaired) electrons. The third-order valence-electron chi connectivity index (χ3n) is 2.82. The molecule has 1 saturated heterocycles. The molecule has 0 bridgehead atoms. The van der Waals surface area contributed by atoms with Crippen LogP contribution in [0.4, 0.5) is 13.2 Å². The Bertz CT molecular complexity index is 439. The Balaban J connectivity index is 2.42. The van der Waals surface area contributed by atoms with Crippen molar-refractivity contribution < 1.29 is 23.0 Å². The highest BCUT2D eigenvalue weighted by Crippen LogP contribution is 2.41. The molecule has 1 aromatic rings. The Morgan fingerprint density at radius 2 is 2.11 bits per heavy atom. The van der Waals surface area contributed by atoms with Gasteiger partial charge >= 0.3 is 6.18 Å². The smallest absolute Gasteiger partial charge is 0.393 e. The summed E-state index contributed by atoms with van der Waals surface area (Å²) in [5.41, 5.74) is -1.05. The SMILES string of the molecule is OC1CCOC(c2c(Cl)cncc2C(F)(F)F)C1. The summed E-state index contributed by atoms with van der Waals surface area (Å²) in [4.78, 5) is 3.46. The van der Waals surface area contributed by atoms with Gasteiger partial charge in [0.05, 0.1) is 22.8 Å². The molecular weight excluding hydrogens is 271 g/mol. The molecule has 7 heteroatoms. The minimum absolute atomic E-state index is 0.0936. The summed E-state index contributed by atoms with van der Waals surface area (Å²) in [6, 6.07) is 0. The molecule has 0 aromatic carbocycles. The minimum atomic E-state index is -4.54. The molecule has 0 aliphatic carbocycles. The van der Waals surface area contributed by atoms with Crippen molar-refractivity contribution in [1.82, 2.24) is 4.98 Å². The number of hydrogen-bond donors (Lipinski definition) is 1. The first-order valence-electron chi connectivity index (χ1n) is 5.40.